The maximum atomic E-state index is 4.84. The SMILES string of the molecule is CCCCCCNc1cc(NCc2ccccc2)n2ncc(C(C)C)c2n1. The van der Waals surface area contributed by atoms with E-state index < -0.39 is 0 Å². The maximum Gasteiger partial charge on any atom is 0.163 e. The molecular weight excluding hydrogens is 334 g/mol. The smallest absolute Gasteiger partial charge is 0.163 e. The Labute approximate surface area is 162 Å². The highest BCUT2D eigenvalue weighted by atomic mass is 15.3. The summed E-state index contributed by atoms with van der Waals surface area (Å²) in [7, 11) is 0. The van der Waals surface area contributed by atoms with E-state index in [1.54, 1.807) is 0 Å². The molecule has 0 aliphatic rings. The van der Waals surface area contributed by atoms with Crippen LogP contribution in [0.25, 0.3) is 5.65 Å². The first kappa shape index (κ1) is 19.2. The van der Waals surface area contributed by atoms with Crippen LogP contribution in [0.2, 0.25) is 0 Å². The average molecular weight is 366 g/mol. The summed E-state index contributed by atoms with van der Waals surface area (Å²) in [6.07, 6.45) is 6.91. The van der Waals surface area contributed by atoms with Crippen molar-refractivity contribution in [1.82, 2.24) is 14.6 Å². The minimum absolute atomic E-state index is 0.386. The highest BCUT2D eigenvalue weighted by Gasteiger charge is 2.13. The third kappa shape index (κ3) is 5.00. The number of fused-ring (bicyclic) bond motifs is 1. The van der Waals surface area contributed by atoms with Gasteiger partial charge in [0.1, 0.15) is 11.6 Å². The summed E-state index contributed by atoms with van der Waals surface area (Å²) in [4.78, 5) is 4.84. The molecule has 27 heavy (non-hydrogen) atoms. The normalized spacial score (nSPS) is 11.3. The molecule has 2 heterocycles. The quantitative estimate of drug-likeness (QED) is 0.469. The Hall–Kier alpha value is -2.56. The van der Waals surface area contributed by atoms with Crippen LogP contribution in [-0.2, 0) is 6.54 Å². The molecule has 0 saturated heterocycles. The van der Waals surface area contributed by atoms with Crippen LogP contribution >= 0.6 is 0 Å². The molecule has 0 fully saturated rings. The molecule has 3 rings (SSSR count). The Bertz CT molecular complexity index is 839. The number of unbranched alkanes of at least 4 members (excludes halogenated alkanes) is 3. The van der Waals surface area contributed by atoms with E-state index in [0.29, 0.717) is 5.92 Å². The second-order valence-corrected chi connectivity index (χ2v) is 7.34. The summed E-state index contributed by atoms with van der Waals surface area (Å²) in [6, 6.07) is 12.5. The molecule has 0 bridgehead atoms. The van der Waals surface area contributed by atoms with E-state index in [2.05, 4.69) is 66.8 Å². The monoisotopic (exact) mass is 365 g/mol. The molecule has 0 radical (unpaired) electrons. The van der Waals surface area contributed by atoms with E-state index in [1.807, 2.05) is 16.8 Å². The van der Waals surface area contributed by atoms with E-state index in [0.717, 1.165) is 30.4 Å². The molecule has 2 N–H and O–H groups in total. The second kappa shape index (κ2) is 9.40. The number of benzene rings is 1. The number of hydrogen-bond donors (Lipinski definition) is 2. The zero-order valence-corrected chi connectivity index (χ0v) is 16.7. The molecule has 5 nitrogen and oxygen atoms in total. The van der Waals surface area contributed by atoms with E-state index in [-0.39, 0.29) is 0 Å². The summed E-state index contributed by atoms with van der Waals surface area (Å²) >= 11 is 0. The minimum atomic E-state index is 0.386. The van der Waals surface area contributed by atoms with Gasteiger partial charge in [0.25, 0.3) is 0 Å². The van der Waals surface area contributed by atoms with E-state index in [4.69, 9.17) is 4.98 Å². The van der Waals surface area contributed by atoms with Crippen LogP contribution in [0, 0.1) is 0 Å². The summed E-state index contributed by atoms with van der Waals surface area (Å²) in [6.45, 7) is 8.31. The van der Waals surface area contributed by atoms with Crippen molar-refractivity contribution in [3.05, 3.63) is 53.7 Å². The van der Waals surface area contributed by atoms with Gasteiger partial charge in [-0.1, -0.05) is 70.4 Å². The van der Waals surface area contributed by atoms with Crippen molar-refractivity contribution in [2.24, 2.45) is 0 Å². The maximum absolute atomic E-state index is 4.84. The molecule has 2 aromatic heterocycles. The van der Waals surface area contributed by atoms with Crippen LogP contribution in [0.15, 0.2) is 42.6 Å². The van der Waals surface area contributed by atoms with Gasteiger partial charge in [-0.3, -0.25) is 0 Å². The zero-order valence-electron chi connectivity index (χ0n) is 16.7. The number of nitrogens with one attached hydrogen (secondary N) is 2. The Morgan fingerprint density at radius 2 is 1.85 bits per heavy atom. The number of rotatable bonds is 10. The van der Waals surface area contributed by atoms with Crippen molar-refractivity contribution in [2.45, 2.75) is 58.9 Å². The van der Waals surface area contributed by atoms with Gasteiger partial charge < -0.3 is 10.6 Å². The van der Waals surface area contributed by atoms with Gasteiger partial charge in [0.15, 0.2) is 5.65 Å². The molecule has 0 atom stereocenters. The van der Waals surface area contributed by atoms with Crippen LogP contribution in [0.1, 0.15) is 63.5 Å². The highest BCUT2D eigenvalue weighted by molar-refractivity contribution is 5.61. The highest BCUT2D eigenvalue weighted by Crippen LogP contribution is 2.24. The van der Waals surface area contributed by atoms with Crippen LogP contribution in [0.5, 0.6) is 0 Å². The summed E-state index contributed by atoms with van der Waals surface area (Å²) in [5, 5.41) is 11.6. The Morgan fingerprint density at radius 3 is 2.59 bits per heavy atom. The fourth-order valence-corrected chi connectivity index (χ4v) is 3.16. The molecule has 3 aromatic rings. The predicted octanol–water partition coefficient (Wildman–Crippen LogP) is 5.46. The van der Waals surface area contributed by atoms with Gasteiger partial charge in [0.2, 0.25) is 0 Å². The van der Waals surface area contributed by atoms with Crippen LogP contribution in [0.3, 0.4) is 0 Å². The minimum Gasteiger partial charge on any atom is -0.370 e. The van der Waals surface area contributed by atoms with Crippen LogP contribution in [0.4, 0.5) is 11.6 Å². The van der Waals surface area contributed by atoms with Gasteiger partial charge in [0.05, 0.1) is 6.20 Å². The number of nitrogens with zero attached hydrogens (tertiary/aromatic N) is 3. The van der Waals surface area contributed by atoms with Crippen LogP contribution in [-0.4, -0.2) is 21.1 Å². The standard InChI is InChI=1S/C22H31N5/c1-4-5-6-10-13-23-20-14-21(24-15-18-11-8-7-9-12-18)27-22(26-20)19(16-25-27)17(2)3/h7-9,11-12,14,16-17,24H,4-6,10,13,15H2,1-3H3,(H,23,26). The lowest BCUT2D eigenvalue weighted by Gasteiger charge is -2.13. The van der Waals surface area contributed by atoms with Crippen molar-refractivity contribution in [3.63, 3.8) is 0 Å². The molecule has 5 heteroatoms. The fourth-order valence-electron chi connectivity index (χ4n) is 3.16. The zero-order chi connectivity index (χ0) is 19.1. The number of hydrogen-bond acceptors (Lipinski definition) is 4. The Kier molecular flexibility index (Phi) is 6.69. The van der Waals surface area contributed by atoms with Crippen molar-refractivity contribution in [1.29, 1.82) is 0 Å². The first-order chi connectivity index (χ1) is 13.2. The van der Waals surface area contributed by atoms with Gasteiger partial charge in [-0.05, 0) is 17.9 Å². The summed E-state index contributed by atoms with van der Waals surface area (Å²) in [5.41, 5.74) is 3.35. The summed E-state index contributed by atoms with van der Waals surface area (Å²) in [5.74, 6) is 2.26. The Morgan fingerprint density at radius 1 is 1.04 bits per heavy atom. The first-order valence-corrected chi connectivity index (χ1v) is 10.1. The van der Waals surface area contributed by atoms with Crippen LogP contribution < -0.4 is 10.6 Å². The predicted molar refractivity (Wildman–Crippen MR) is 113 cm³/mol. The first-order valence-electron chi connectivity index (χ1n) is 10.1. The largest absolute Gasteiger partial charge is 0.370 e. The van der Waals surface area contributed by atoms with Crippen molar-refractivity contribution < 1.29 is 0 Å². The van der Waals surface area contributed by atoms with Crippen molar-refractivity contribution >= 4 is 17.3 Å². The molecule has 0 aliphatic carbocycles. The van der Waals surface area contributed by atoms with Gasteiger partial charge >= 0.3 is 0 Å². The van der Waals surface area contributed by atoms with E-state index in [9.17, 15) is 0 Å². The van der Waals surface area contributed by atoms with E-state index >= 15 is 0 Å². The van der Waals surface area contributed by atoms with Gasteiger partial charge in [-0.2, -0.15) is 9.61 Å². The van der Waals surface area contributed by atoms with Crippen molar-refractivity contribution in [3.8, 4) is 0 Å². The molecule has 144 valence electrons. The lowest BCUT2D eigenvalue weighted by atomic mass is 10.1. The Balaban J connectivity index is 1.81. The third-order valence-electron chi connectivity index (χ3n) is 4.77. The number of aromatic nitrogens is 3. The fraction of sp³-hybridized carbons (Fsp3) is 0.455. The topological polar surface area (TPSA) is 54.2 Å². The van der Waals surface area contributed by atoms with Crippen molar-refractivity contribution in [2.75, 3.05) is 17.2 Å². The summed E-state index contributed by atoms with van der Waals surface area (Å²) < 4.78 is 1.92. The third-order valence-corrected chi connectivity index (χ3v) is 4.77. The lowest BCUT2D eigenvalue weighted by molar-refractivity contribution is 0.684. The molecule has 0 aliphatic heterocycles. The lowest BCUT2D eigenvalue weighted by Crippen LogP contribution is -2.10. The van der Waals surface area contributed by atoms with Gasteiger partial charge in [0, 0.05) is 24.7 Å². The molecule has 0 amide bonds. The molecule has 1 aromatic carbocycles. The molecule has 0 spiro atoms. The van der Waals surface area contributed by atoms with E-state index in [1.165, 1.54) is 36.8 Å². The number of anilines is 2. The average Bonchev–Trinajstić information content (AvgIpc) is 3.11. The molecular formula is C22H31N5. The second-order valence-electron chi connectivity index (χ2n) is 7.34. The van der Waals surface area contributed by atoms with Gasteiger partial charge in [-0.15, -0.1) is 0 Å². The van der Waals surface area contributed by atoms with Gasteiger partial charge in [-0.25, -0.2) is 4.98 Å². The molecule has 0 saturated carbocycles. The molecule has 0 unspecified atom stereocenters.